The lowest BCUT2D eigenvalue weighted by Gasteiger charge is -2.21. The first-order valence-corrected chi connectivity index (χ1v) is 13.1. The van der Waals surface area contributed by atoms with Gasteiger partial charge in [0.05, 0.1) is 28.9 Å². The average Bonchev–Trinajstić information content (AvgIpc) is 3.04. The summed E-state index contributed by atoms with van der Waals surface area (Å²) in [5, 5.41) is 5.09. The number of carbonyl (C=O) groups is 1. The molecule has 2 aromatic carbocycles. The molecule has 0 bridgehead atoms. The van der Waals surface area contributed by atoms with Crippen molar-refractivity contribution in [1.29, 1.82) is 0 Å². The van der Waals surface area contributed by atoms with Crippen LogP contribution in [0, 0.1) is 13.8 Å². The smallest absolute Gasteiger partial charge is 0.260 e. The van der Waals surface area contributed by atoms with Crippen molar-refractivity contribution in [2.75, 3.05) is 17.1 Å². The molecule has 0 aliphatic carbocycles. The van der Waals surface area contributed by atoms with Crippen LogP contribution >= 0.6 is 23.2 Å². The Kier molecular flexibility index (Phi) is 8.07. The minimum Gasteiger partial charge on any atom is -0.316 e. The van der Waals surface area contributed by atoms with Crippen LogP contribution in [0.25, 0.3) is 5.69 Å². The summed E-state index contributed by atoms with van der Waals surface area (Å²) in [7, 11) is -3.66. The molecule has 0 saturated heterocycles. The fourth-order valence-electron chi connectivity index (χ4n) is 3.59. The SMILES string of the molecule is CCc1ccc(N(CC(=O)N/N=C\c2cc(C)n(-c3ccc(Cl)cc3Cl)c2C)S(C)(=O)=O)cc1. The third-order valence-corrected chi connectivity index (χ3v) is 7.01. The van der Waals surface area contributed by atoms with Crippen molar-refractivity contribution < 1.29 is 13.2 Å². The van der Waals surface area contributed by atoms with E-state index in [1.807, 2.05) is 49.6 Å². The summed E-state index contributed by atoms with van der Waals surface area (Å²) in [6.07, 6.45) is 3.41. The molecule has 7 nitrogen and oxygen atoms in total. The molecule has 0 fully saturated rings. The predicted molar refractivity (Wildman–Crippen MR) is 139 cm³/mol. The lowest BCUT2D eigenvalue weighted by Crippen LogP contribution is -2.39. The van der Waals surface area contributed by atoms with Crippen LogP contribution in [0.1, 0.15) is 29.4 Å². The van der Waals surface area contributed by atoms with E-state index in [1.165, 1.54) is 6.21 Å². The maximum absolute atomic E-state index is 12.5. The number of hydrogen-bond acceptors (Lipinski definition) is 4. The van der Waals surface area contributed by atoms with Gasteiger partial charge in [-0.1, -0.05) is 42.3 Å². The van der Waals surface area contributed by atoms with Crippen LogP contribution in [0.2, 0.25) is 10.0 Å². The van der Waals surface area contributed by atoms with Gasteiger partial charge in [0.1, 0.15) is 6.54 Å². The van der Waals surface area contributed by atoms with Gasteiger partial charge < -0.3 is 4.57 Å². The van der Waals surface area contributed by atoms with Gasteiger partial charge in [-0.2, -0.15) is 5.10 Å². The summed E-state index contributed by atoms with van der Waals surface area (Å²) in [5.41, 5.74) is 7.25. The maximum Gasteiger partial charge on any atom is 0.260 e. The number of amides is 1. The molecule has 1 N–H and O–H groups in total. The first-order valence-electron chi connectivity index (χ1n) is 10.5. The lowest BCUT2D eigenvalue weighted by molar-refractivity contribution is -0.119. The molecule has 0 radical (unpaired) electrons. The van der Waals surface area contributed by atoms with Crippen molar-refractivity contribution in [1.82, 2.24) is 9.99 Å². The van der Waals surface area contributed by atoms with Gasteiger partial charge in [-0.3, -0.25) is 9.10 Å². The molecule has 10 heteroatoms. The van der Waals surface area contributed by atoms with Crippen molar-refractivity contribution in [3.8, 4) is 5.69 Å². The first kappa shape index (κ1) is 25.8. The number of carbonyl (C=O) groups excluding carboxylic acids is 1. The summed E-state index contributed by atoms with van der Waals surface area (Å²) < 4.78 is 27.6. The molecule has 3 rings (SSSR count). The second-order valence-corrected chi connectivity index (χ2v) is 10.6. The number of nitrogens with zero attached hydrogens (tertiary/aromatic N) is 3. The van der Waals surface area contributed by atoms with Crippen molar-refractivity contribution >= 4 is 51.0 Å². The Morgan fingerprint density at radius 3 is 2.38 bits per heavy atom. The number of anilines is 1. The second kappa shape index (κ2) is 10.6. The molecule has 0 atom stereocenters. The second-order valence-electron chi connectivity index (χ2n) is 7.84. The van der Waals surface area contributed by atoms with E-state index in [4.69, 9.17) is 23.2 Å². The normalized spacial score (nSPS) is 11.7. The Morgan fingerprint density at radius 1 is 1.12 bits per heavy atom. The highest BCUT2D eigenvalue weighted by Gasteiger charge is 2.20. The zero-order valence-corrected chi connectivity index (χ0v) is 21.7. The Labute approximate surface area is 210 Å². The molecule has 0 spiro atoms. The Hall–Kier alpha value is -2.81. The topological polar surface area (TPSA) is 83.8 Å². The molecule has 0 saturated carbocycles. The van der Waals surface area contributed by atoms with Crippen LogP contribution in [-0.2, 0) is 21.2 Å². The number of rotatable bonds is 8. The molecule has 34 heavy (non-hydrogen) atoms. The zero-order chi connectivity index (χ0) is 25.0. The highest BCUT2D eigenvalue weighted by Crippen LogP contribution is 2.28. The van der Waals surface area contributed by atoms with Crippen LogP contribution < -0.4 is 9.73 Å². The molecular weight excluding hydrogens is 495 g/mol. The molecule has 0 aliphatic heterocycles. The molecule has 3 aromatic rings. The highest BCUT2D eigenvalue weighted by atomic mass is 35.5. The summed E-state index contributed by atoms with van der Waals surface area (Å²) in [4.78, 5) is 12.5. The van der Waals surface area contributed by atoms with E-state index < -0.39 is 15.9 Å². The number of nitrogens with one attached hydrogen (secondary N) is 1. The number of aromatic nitrogens is 1. The molecule has 180 valence electrons. The van der Waals surface area contributed by atoms with E-state index in [1.54, 1.807) is 24.3 Å². The quantitative estimate of drug-likeness (QED) is 0.339. The lowest BCUT2D eigenvalue weighted by atomic mass is 10.1. The van der Waals surface area contributed by atoms with Gasteiger partial charge >= 0.3 is 0 Å². The molecule has 0 unspecified atom stereocenters. The van der Waals surface area contributed by atoms with Gasteiger partial charge in [0.2, 0.25) is 10.0 Å². The monoisotopic (exact) mass is 520 g/mol. The van der Waals surface area contributed by atoms with Crippen LogP contribution in [-0.4, -0.2) is 37.9 Å². The predicted octanol–water partition coefficient (Wildman–Crippen LogP) is 4.88. The van der Waals surface area contributed by atoms with Crippen molar-refractivity contribution in [2.24, 2.45) is 5.10 Å². The summed E-state index contributed by atoms with van der Waals surface area (Å²) >= 11 is 12.4. The zero-order valence-electron chi connectivity index (χ0n) is 19.3. The van der Waals surface area contributed by atoms with E-state index in [-0.39, 0.29) is 6.54 Å². The molecule has 0 aliphatic rings. The van der Waals surface area contributed by atoms with E-state index >= 15 is 0 Å². The fraction of sp³-hybridized carbons (Fsp3) is 0.250. The van der Waals surface area contributed by atoms with E-state index in [0.29, 0.717) is 15.7 Å². The summed E-state index contributed by atoms with van der Waals surface area (Å²) in [5.74, 6) is -0.559. The molecule has 1 aromatic heterocycles. The molecule has 1 heterocycles. The number of hydrazone groups is 1. The van der Waals surface area contributed by atoms with Crippen LogP contribution in [0.3, 0.4) is 0 Å². The van der Waals surface area contributed by atoms with E-state index in [2.05, 4.69) is 10.5 Å². The van der Waals surface area contributed by atoms with Gasteiger partial charge in [-0.15, -0.1) is 0 Å². The van der Waals surface area contributed by atoms with Gasteiger partial charge in [-0.05, 0) is 62.2 Å². The summed E-state index contributed by atoms with van der Waals surface area (Å²) in [6.45, 7) is 5.46. The summed E-state index contributed by atoms with van der Waals surface area (Å²) in [6, 6.07) is 14.2. The first-order chi connectivity index (χ1) is 16.0. The largest absolute Gasteiger partial charge is 0.316 e. The standard InChI is InChI=1S/C24H26Cl2N4O3S/c1-5-18-6-9-21(10-7-18)29(34(4,32)33)15-24(31)28-27-14-19-12-16(2)30(17(19)3)23-11-8-20(25)13-22(23)26/h6-14H,5,15H2,1-4H3,(H,28,31)/b27-14-. The number of halogens is 2. The van der Waals surface area contributed by atoms with E-state index in [9.17, 15) is 13.2 Å². The molecule has 1 amide bonds. The Bertz CT molecular complexity index is 1330. The number of hydrogen-bond donors (Lipinski definition) is 1. The van der Waals surface area contributed by atoms with Gasteiger partial charge in [0.15, 0.2) is 0 Å². The van der Waals surface area contributed by atoms with Crippen LogP contribution in [0.5, 0.6) is 0 Å². The van der Waals surface area contributed by atoms with Crippen molar-refractivity contribution in [3.05, 3.63) is 81.1 Å². The van der Waals surface area contributed by atoms with Crippen LogP contribution in [0.4, 0.5) is 5.69 Å². The fourth-order valence-corrected chi connectivity index (χ4v) is 4.94. The number of sulfonamides is 1. The Morgan fingerprint density at radius 2 is 1.79 bits per heavy atom. The van der Waals surface area contributed by atoms with Gasteiger partial charge in [-0.25, -0.2) is 13.8 Å². The van der Waals surface area contributed by atoms with E-state index in [0.717, 1.165) is 45.2 Å². The minimum absolute atomic E-state index is 0.388. The Balaban J connectivity index is 1.75. The average molecular weight is 521 g/mol. The maximum atomic E-state index is 12.5. The van der Waals surface area contributed by atoms with Gasteiger partial charge in [0, 0.05) is 22.0 Å². The molecular formula is C24H26Cl2N4O3S. The third-order valence-electron chi connectivity index (χ3n) is 5.33. The van der Waals surface area contributed by atoms with Crippen molar-refractivity contribution in [3.63, 3.8) is 0 Å². The highest BCUT2D eigenvalue weighted by molar-refractivity contribution is 7.92. The number of aryl methyl sites for hydroxylation is 2. The van der Waals surface area contributed by atoms with Crippen molar-refractivity contribution in [2.45, 2.75) is 27.2 Å². The third kappa shape index (κ3) is 6.00. The van der Waals surface area contributed by atoms with Crippen LogP contribution in [0.15, 0.2) is 53.6 Å². The van der Waals surface area contributed by atoms with Gasteiger partial charge in [0.25, 0.3) is 5.91 Å². The minimum atomic E-state index is -3.66. The number of benzene rings is 2.